The fourth-order valence-corrected chi connectivity index (χ4v) is 2.34. The van der Waals surface area contributed by atoms with Crippen LogP contribution in [0.1, 0.15) is 28.4 Å². The molecule has 0 unspecified atom stereocenters. The summed E-state index contributed by atoms with van der Waals surface area (Å²) in [7, 11) is 0. The minimum Gasteiger partial charge on any atom is -0.482 e. The number of nitrogens with two attached hydrogens (primary N) is 1. The Morgan fingerprint density at radius 2 is 1.74 bits per heavy atom. The normalized spacial score (nSPS) is 11.4. The first-order chi connectivity index (χ1) is 12.8. The Kier molecular flexibility index (Phi) is 6.54. The van der Waals surface area contributed by atoms with Gasteiger partial charge >= 0.3 is 5.97 Å². The molecule has 0 aliphatic carbocycles. The Hall–Kier alpha value is -3.35. The third-order valence-corrected chi connectivity index (χ3v) is 3.79. The highest BCUT2D eigenvalue weighted by Gasteiger charge is 2.18. The Balaban J connectivity index is 1.84. The number of primary amides is 1. The molecule has 0 aromatic heterocycles. The van der Waals surface area contributed by atoms with Crippen LogP contribution in [-0.2, 0) is 14.3 Å². The molecule has 0 fully saturated rings. The number of aryl methyl sites for hydroxylation is 2. The summed E-state index contributed by atoms with van der Waals surface area (Å²) in [5.41, 5.74) is 7.95. The van der Waals surface area contributed by atoms with Crippen LogP contribution in [0.4, 0.5) is 5.69 Å². The summed E-state index contributed by atoms with van der Waals surface area (Å²) in [6, 6.07) is 11.7. The molecule has 7 nitrogen and oxygen atoms in total. The Labute approximate surface area is 157 Å². The molecule has 0 aliphatic heterocycles. The van der Waals surface area contributed by atoms with E-state index in [0.717, 1.165) is 11.1 Å². The fourth-order valence-electron chi connectivity index (χ4n) is 2.34. The van der Waals surface area contributed by atoms with E-state index in [0.29, 0.717) is 17.0 Å². The van der Waals surface area contributed by atoms with Crippen LogP contribution in [0, 0.1) is 13.8 Å². The van der Waals surface area contributed by atoms with E-state index in [1.165, 1.54) is 31.2 Å². The van der Waals surface area contributed by atoms with E-state index < -0.39 is 23.9 Å². The van der Waals surface area contributed by atoms with Crippen molar-refractivity contribution in [3.8, 4) is 5.75 Å². The molecule has 0 saturated heterocycles. The van der Waals surface area contributed by atoms with Crippen molar-refractivity contribution in [2.45, 2.75) is 26.9 Å². The maximum absolute atomic E-state index is 12.1. The van der Waals surface area contributed by atoms with Crippen molar-refractivity contribution in [3.63, 3.8) is 0 Å². The highest BCUT2D eigenvalue weighted by atomic mass is 16.6. The molecule has 7 heteroatoms. The Morgan fingerprint density at radius 3 is 2.33 bits per heavy atom. The number of anilines is 1. The molecule has 27 heavy (non-hydrogen) atoms. The molecule has 0 radical (unpaired) electrons. The lowest BCUT2D eigenvalue weighted by molar-refractivity contribution is -0.155. The molecule has 0 heterocycles. The summed E-state index contributed by atoms with van der Waals surface area (Å²) in [5.74, 6) is -1.12. The van der Waals surface area contributed by atoms with E-state index >= 15 is 0 Å². The number of ether oxygens (including phenoxy) is 2. The second kappa shape index (κ2) is 8.84. The van der Waals surface area contributed by atoms with Gasteiger partial charge in [0.1, 0.15) is 5.75 Å². The first-order valence-electron chi connectivity index (χ1n) is 8.36. The highest BCUT2D eigenvalue weighted by molar-refractivity contribution is 5.96. The second-order valence-electron chi connectivity index (χ2n) is 6.12. The minimum absolute atomic E-state index is 0.297. The smallest absolute Gasteiger partial charge is 0.344 e. The van der Waals surface area contributed by atoms with Gasteiger partial charge in [0.05, 0.1) is 0 Å². The van der Waals surface area contributed by atoms with Gasteiger partial charge in [0.2, 0.25) is 5.91 Å². The Morgan fingerprint density at radius 1 is 1.07 bits per heavy atom. The van der Waals surface area contributed by atoms with Crippen molar-refractivity contribution < 1.29 is 23.9 Å². The summed E-state index contributed by atoms with van der Waals surface area (Å²) >= 11 is 0. The maximum atomic E-state index is 12.1. The molecular weight excluding hydrogens is 348 g/mol. The number of carbonyl (C=O) groups is 3. The van der Waals surface area contributed by atoms with Crippen LogP contribution in [0.5, 0.6) is 5.75 Å². The SMILES string of the molecule is Cc1ccc(OCC(=O)O[C@H](C)C(=O)Nc2ccc(C(N)=O)cc2)c(C)c1. The van der Waals surface area contributed by atoms with Crippen molar-refractivity contribution in [1.82, 2.24) is 0 Å². The standard InChI is InChI=1S/C20H22N2O5/c1-12-4-9-17(13(2)10-12)26-11-18(23)27-14(3)20(25)22-16-7-5-15(6-8-16)19(21)24/h4-10,14H,11H2,1-3H3,(H2,21,24)(H,22,25)/t14-/m1/s1. The molecule has 0 bridgehead atoms. The van der Waals surface area contributed by atoms with Gasteiger partial charge in [-0.25, -0.2) is 4.79 Å². The number of carbonyl (C=O) groups excluding carboxylic acids is 3. The van der Waals surface area contributed by atoms with Crippen LogP contribution in [0.15, 0.2) is 42.5 Å². The predicted molar refractivity (Wildman–Crippen MR) is 101 cm³/mol. The fraction of sp³-hybridized carbons (Fsp3) is 0.250. The van der Waals surface area contributed by atoms with Gasteiger partial charge in [-0.05, 0) is 56.7 Å². The van der Waals surface area contributed by atoms with Crippen LogP contribution < -0.4 is 15.8 Å². The molecule has 3 N–H and O–H groups in total. The molecule has 142 valence electrons. The van der Waals surface area contributed by atoms with Gasteiger partial charge in [0, 0.05) is 11.3 Å². The molecule has 2 amide bonds. The summed E-state index contributed by atoms with van der Waals surface area (Å²) < 4.78 is 10.5. The van der Waals surface area contributed by atoms with Crippen LogP contribution in [0.25, 0.3) is 0 Å². The van der Waals surface area contributed by atoms with E-state index in [4.69, 9.17) is 15.2 Å². The van der Waals surface area contributed by atoms with Crippen LogP contribution in [0.2, 0.25) is 0 Å². The number of rotatable bonds is 7. The topological polar surface area (TPSA) is 108 Å². The first kappa shape index (κ1) is 20.0. The summed E-state index contributed by atoms with van der Waals surface area (Å²) in [6.45, 7) is 5.01. The minimum atomic E-state index is -1.00. The van der Waals surface area contributed by atoms with Gasteiger partial charge in [0.15, 0.2) is 12.7 Å². The van der Waals surface area contributed by atoms with E-state index in [9.17, 15) is 14.4 Å². The molecule has 0 saturated carbocycles. The van der Waals surface area contributed by atoms with Gasteiger partial charge in [-0.1, -0.05) is 17.7 Å². The number of hydrogen-bond donors (Lipinski definition) is 2. The average molecular weight is 370 g/mol. The van der Waals surface area contributed by atoms with Gasteiger partial charge < -0.3 is 20.5 Å². The molecule has 0 aliphatic rings. The van der Waals surface area contributed by atoms with E-state index in [-0.39, 0.29) is 6.61 Å². The van der Waals surface area contributed by atoms with Gasteiger partial charge in [0.25, 0.3) is 5.91 Å². The van der Waals surface area contributed by atoms with E-state index in [2.05, 4.69) is 5.32 Å². The third kappa shape index (κ3) is 5.85. The lowest BCUT2D eigenvalue weighted by atomic mass is 10.1. The number of benzene rings is 2. The monoisotopic (exact) mass is 370 g/mol. The molecular formula is C20H22N2O5. The van der Waals surface area contributed by atoms with Crippen LogP contribution in [0.3, 0.4) is 0 Å². The zero-order valence-electron chi connectivity index (χ0n) is 15.4. The van der Waals surface area contributed by atoms with Crippen molar-refractivity contribution in [2.75, 3.05) is 11.9 Å². The molecule has 2 rings (SSSR count). The molecule has 2 aromatic rings. The van der Waals surface area contributed by atoms with Crippen molar-refractivity contribution in [2.24, 2.45) is 5.73 Å². The quantitative estimate of drug-likeness (QED) is 0.728. The molecule has 1 atom stereocenters. The summed E-state index contributed by atoms with van der Waals surface area (Å²) in [4.78, 5) is 35.0. The number of amides is 2. The predicted octanol–water partition coefficient (Wildman–Crippen LogP) is 2.35. The lowest BCUT2D eigenvalue weighted by Crippen LogP contribution is -2.31. The average Bonchev–Trinajstić information content (AvgIpc) is 2.61. The highest BCUT2D eigenvalue weighted by Crippen LogP contribution is 2.18. The first-order valence-corrected chi connectivity index (χ1v) is 8.36. The number of hydrogen-bond acceptors (Lipinski definition) is 5. The summed E-state index contributed by atoms with van der Waals surface area (Å²) in [6.07, 6.45) is -1.00. The van der Waals surface area contributed by atoms with Crippen LogP contribution in [-0.4, -0.2) is 30.5 Å². The van der Waals surface area contributed by atoms with E-state index in [1.807, 2.05) is 26.0 Å². The largest absolute Gasteiger partial charge is 0.482 e. The third-order valence-electron chi connectivity index (χ3n) is 3.79. The second-order valence-corrected chi connectivity index (χ2v) is 6.12. The number of esters is 1. The Bertz CT molecular complexity index is 846. The van der Waals surface area contributed by atoms with Crippen molar-refractivity contribution >= 4 is 23.5 Å². The summed E-state index contributed by atoms with van der Waals surface area (Å²) in [5, 5.41) is 2.59. The van der Waals surface area contributed by atoms with Crippen molar-refractivity contribution in [3.05, 3.63) is 59.2 Å². The van der Waals surface area contributed by atoms with Gasteiger partial charge in [-0.15, -0.1) is 0 Å². The van der Waals surface area contributed by atoms with Crippen molar-refractivity contribution in [1.29, 1.82) is 0 Å². The van der Waals surface area contributed by atoms with Gasteiger partial charge in [-0.2, -0.15) is 0 Å². The van der Waals surface area contributed by atoms with Gasteiger partial charge in [-0.3, -0.25) is 9.59 Å². The van der Waals surface area contributed by atoms with Crippen LogP contribution >= 0.6 is 0 Å². The maximum Gasteiger partial charge on any atom is 0.344 e. The van der Waals surface area contributed by atoms with E-state index in [1.54, 1.807) is 6.07 Å². The number of nitrogens with one attached hydrogen (secondary N) is 1. The lowest BCUT2D eigenvalue weighted by Gasteiger charge is -2.14. The zero-order chi connectivity index (χ0) is 20.0. The molecule has 2 aromatic carbocycles. The zero-order valence-corrected chi connectivity index (χ0v) is 15.4. The molecule has 0 spiro atoms.